The molecule has 0 radical (unpaired) electrons. The van der Waals surface area contributed by atoms with Crippen molar-refractivity contribution in [2.75, 3.05) is 30.3 Å². The number of carbonyl (C=O) groups excluding carboxylic acids is 2. The van der Waals surface area contributed by atoms with Crippen molar-refractivity contribution in [3.63, 3.8) is 0 Å². The van der Waals surface area contributed by atoms with E-state index < -0.39 is 11.0 Å². The molecule has 0 aliphatic carbocycles. The minimum atomic E-state index is -0.551. The van der Waals surface area contributed by atoms with Gasteiger partial charge in [-0.1, -0.05) is 6.07 Å². The lowest BCUT2D eigenvalue weighted by atomic mass is 9.86. The Hall–Kier alpha value is -3.57. The molecule has 0 aromatic heterocycles. The number of nitrogens with zero attached hydrogens (tertiary/aromatic N) is 5. The van der Waals surface area contributed by atoms with Gasteiger partial charge < -0.3 is 20.7 Å². The Bertz CT molecular complexity index is 1190. The fourth-order valence-corrected chi connectivity index (χ4v) is 5.01. The maximum absolute atomic E-state index is 12.3. The van der Waals surface area contributed by atoms with Gasteiger partial charge in [-0.15, -0.1) is 10.0 Å². The monoisotopic (exact) mass is 449 g/mol. The quantitative estimate of drug-likeness (QED) is 0.596. The SMILES string of the molecule is CC1(C)C(=O)Nc2cc(NC3=N[N+]4(N5CCC6(CC5)CNC(=O)O6)C=CN=CC4=N3)ccc21. The van der Waals surface area contributed by atoms with Crippen molar-refractivity contribution >= 4 is 41.4 Å². The second kappa shape index (κ2) is 6.72. The van der Waals surface area contributed by atoms with Crippen LogP contribution >= 0.6 is 0 Å². The molecule has 0 saturated carbocycles. The highest BCUT2D eigenvalue weighted by Gasteiger charge is 2.52. The van der Waals surface area contributed by atoms with Crippen molar-refractivity contribution in [2.24, 2.45) is 15.1 Å². The van der Waals surface area contributed by atoms with Crippen molar-refractivity contribution < 1.29 is 19.0 Å². The van der Waals surface area contributed by atoms with E-state index in [0.717, 1.165) is 16.9 Å². The van der Waals surface area contributed by atoms with E-state index in [1.54, 1.807) is 12.4 Å². The Balaban J connectivity index is 1.24. The van der Waals surface area contributed by atoms with E-state index in [-0.39, 0.29) is 16.7 Å². The molecule has 170 valence electrons. The van der Waals surface area contributed by atoms with Crippen molar-refractivity contribution in [3.05, 3.63) is 36.2 Å². The molecule has 3 N–H and O–H groups in total. The van der Waals surface area contributed by atoms with E-state index in [0.29, 0.717) is 44.3 Å². The maximum atomic E-state index is 12.3. The fraction of sp³-hybridized carbons (Fsp3) is 0.409. The number of carbonyl (C=O) groups is 2. The second-order valence-corrected chi connectivity index (χ2v) is 9.46. The van der Waals surface area contributed by atoms with E-state index in [2.05, 4.69) is 26.0 Å². The summed E-state index contributed by atoms with van der Waals surface area (Å²) < 4.78 is 5.65. The minimum Gasteiger partial charge on any atom is -0.441 e. The number of amides is 2. The van der Waals surface area contributed by atoms with Gasteiger partial charge in [0.2, 0.25) is 5.91 Å². The smallest absolute Gasteiger partial charge is 0.407 e. The standard InChI is InChI=1S/C22H24N8O3/c1-21(2)15-4-3-14(11-16(15)26-18(21)31)25-19-27-17-12-23-7-10-30(17,28-19)29-8-5-22(6-9-29)13-24-20(32)33-22/h3-4,7,10-12H,5-6,8-9,13H2,1-2H3,(H2-,24,25,26,28,31,32)/p+1. The number of rotatable bonds is 2. The molecule has 11 heteroatoms. The van der Waals surface area contributed by atoms with Crippen LogP contribution in [0.25, 0.3) is 0 Å². The predicted molar refractivity (Wildman–Crippen MR) is 123 cm³/mol. The van der Waals surface area contributed by atoms with E-state index in [4.69, 9.17) is 14.8 Å². The molecule has 2 amide bonds. The molecule has 6 rings (SSSR count). The number of hydrogen-bond acceptors (Lipinski definition) is 8. The Morgan fingerprint density at radius 1 is 1.21 bits per heavy atom. The van der Waals surface area contributed by atoms with Crippen LogP contribution in [0.15, 0.2) is 45.7 Å². The van der Waals surface area contributed by atoms with Crippen LogP contribution in [0.3, 0.4) is 0 Å². The molecule has 1 spiro atoms. The highest BCUT2D eigenvalue weighted by Crippen LogP contribution is 2.39. The van der Waals surface area contributed by atoms with Gasteiger partial charge in [-0.2, -0.15) is 0 Å². The van der Waals surface area contributed by atoms with Crippen molar-refractivity contribution in [3.8, 4) is 0 Å². The topological polar surface area (TPSA) is 120 Å². The van der Waals surface area contributed by atoms with Gasteiger partial charge in [-0.3, -0.25) is 9.79 Å². The number of anilines is 2. The Labute approximate surface area is 190 Å². The van der Waals surface area contributed by atoms with Crippen LogP contribution in [-0.4, -0.2) is 65.0 Å². The molecule has 5 aliphatic heterocycles. The summed E-state index contributed by atoms with van der Waals surface area (Å²) >= 11 is 0. The highest BCUT2D eigenvalue weighted by atomic mass is 16.6. The van der Waals surface area contributed by atoms with Crippen molar-refractivity contribution in [1.82, 2.24) is 10.3 Å². The number of ether oxygens (including phenoxy) is 1. The molecule has 1 atom stereocenters. The number of aliphatic imine (C=N–C) groups is 2. The molecular formula is C22H25N8O3+. The lowest BCUT2D eigenvalue weighted by molar-refractivity contribution is -0.919. The van der Waals surface area contributed by atoms with Crippen LogP contribution in [-0.2, 0) is 14.9 Å². The molecule has 0 bridgehead atoms. The number of guanidine groups is 1. The fourth-order valence-electron chi connectivity index (χ4n) is 5.01. The van der Waals surface area contributed by atoms with Gasteiger partial charge in [-0.05, 0) is 41.3 Å². The van der Waals surface area contributed by atoms with Crippen LogP contribution in [0.4, 0.5) is 16.2 Å². The van der Waals surface area contributed by atoms with E-state index in [9.17, 15) is 9.59 Å². The van der Waals surface area contributed by atoms with Crippen LogP contribution in [0.1, 0.15) is 32.3 Å². The van der Waals surface area contributed by atoms with Gasteiger partial charge in [-0.25, -0.2) is 4.79 Å². The first-order chi connectivity index (χ1) is 15.8. The number of piperidine rings is 1. The summed E-state index contributed by atoms with van der Waals surface area (Å²) in [5, 5.41) is 16.1. The van der Waals surface area contributed by atoms with E-state index in [1.807, 2.05) is 38.2 Å². The van der Waals surface area contributed by atoms with Crippen molar-refractivity contribution in [2.45, 2.75) is 37.7 Å². The van der Waals surface area contributed by atoms with Crippen LogP contribution in [0.5, 0.6) is 0 Å². The van der Waals surface area contributed by atoms with Crippen molar-refractivity contribution in [1.29, 1.82) is 0 Å². The van der Waals surface area contributed by atoms with Gasteiger partial charge in [0, 0.05) is 24.2 Å². The van der Waals surface area contributed by atoms with Crippen LogP contribution in [0, 0.1) is 0 Å². The third-order valence-corrected chi connectivity index (χ3v) is 7.07. The summed E-state index contributed by atoms with van der Waals surface area (Å²) in [5.74, 6) is 1.14. The predicted octanol–water partition coefficient (Wildman–Crippen LogP) is 1.87. The summed E-state index contributed by atoms with van der Waals surface area (Å²) in [6.45, 7) is 5.74. The third kappa shape index (κ3) is 3.00. The molecule has 11 nitrogen and oxygen atoms in total. The second-order valence-electron chi connectivity index (χ2n) is 9.46. The highest BCUT2D eigenvalue weighted by molar-refractivity contribution is 6.30. The van der Waals surface area contributed by atoms with Gasteiger partial charge in [0.05, 0.1) is 31.2 Å². The van der Waals surface area contributed by atoms with E-state index in [1.165, 1.54) is 0 Å². The zero-order valence-corrected chi connectivity index (χ0v) is 18.5. The normalized spacial score (nSPS) is 28.5. The first kappa shape index (κ1) is 20.1. The first-order valence-corrected chi connectivity index (χ1v) is 11.0. The molecule has 1 aromatic rings. The van der Waals surface area contributed by atoms with Crippen LogP contribution in [0.2, 0.25) is 0 Å². The first-order valence-electron chi connectivity index (χ1n) is 11.0. The summed E-state index contributed by atoms with van der Waals surface area (Å²) in [6.07, 6.45) is 6.41. The number of quaternary nitrogens is 1. The molecular weight excluding hydrogens is 424 g/mol. The maximum Gasteiger partial charge on any atom is 0.407 e. The summed E-state index contributed by atoms with van der Waals surface area (Å²) in [5.41, 5.74) is 1.56. The number of nitrogens with one attached hydrogen (secondary N) is 3. The van der Waals surface area contributed by atoms with Gasteiger partial charge in [0.1, 0.15) is 11.8 Å². The average molecular weight is 449 g/mol. The largest absolute Gasteiger partial charge is 0.441 e. The molecule has 5 aliphatic rings. The zero-order valence-electron chi connectivity index (χ0n) is 18.5. The zero-order chi connectivity index (χ0) is 22.8. The lowest BCUT2D eigenvalue weighted by Crippen LogP contribution is -2.61. The number of benzene rings is 1. The molecule has 1 unspecified atom stereocenters. The molecule has 33 heavy (non-hydrogen) atoms. The van der Waals surface area contributed by atoms with Gasteiger partial charge >= 0.3 is 11.9 Å². The third-order valence-electron chi connectivity index (χ3n) is 7.07. The molecule has 5 heterocycles. The summed E-state index contributed by atoms with van der Waals surface area (Å²) in [4.78, 5) is 32.8. The molecule has 2 fully saturated rings. The molecule has 1 aromatic carbocycles. The average Bonchev–Trinajstić information content (AvgIpc) is 3.41. The number of hydrogen-bond donors (Lipinski definition) is 3. The number of amidine groups is 1. The summed E-state index contributed by atoms with van der Waals surface area (Å²) in [7, 11) is 0. The van der Waals surface area contributed by atoms with E-state index >= 15 is 0 Å². The minimum absolute atomic E-state index is 0.0119. The summed E-state index contributed by atoms with van der Waals surface area (Å²) in [6, 6.07) is 5.79. The Morgan fingerprint density at radius 3 is 2.79 bits per heavy atom. The number of fused-ring (bicyclic) bond motifs is 2. The number of alkyl carbamates (subject to hydrolysis) is 1. The Kier molecular flexibility index (Phi) is 4.08. The lowest BCUT2D eigenvalue weighted by Gasteiger charge is -2.41. The van der Waals surface area contributed by atoms with Gasteiger partial charge in [0.15, 0.2) is 6.20 Å². The Morgan fingerprint density at radius 2 is 2.03 bits per heavy atom. The van der Waals surface area contributed by atoms with Crippen LogP contribution < -0.4 is 16.0 Å². The van der Waals surface area contributed by atoms with Gasteiger partial charge in [0.25, 0.3) is 5.96 Å². The molecule has 2 saturated heterocycles.